The highest BCUT2D eigenvalue weighted by atomic mass is 16.5. The number of benzene rings is 2. The highest BCUT2D eigenvalue weighted by Gasteiger charge is 2.45. The number of nitrogens with one attached hydrogen (secondary N) is 1. The van der Waals surface area contributed by atoms with E-state index < -0.39 is 42.0 Å². The SMILES string of the molecule is C[C@H](N[C@@H](CCc1ccccc1)C(=O)OCc1ccccc1)C(=O)N1C(=O)N(C)C[C@H]1C(=O)O. The molecule has 0 unspecified atom stereocenters. The molecule has 180 valence electrons. The van der Waals surface area contributed by atoms with Gasteiger partial charge in [0.2, 0.25) is 5.91 Å². The van der Waals surface area contributed by atoms with E-state index in [1.807, 2.05) is 60.7 Å². The zero-order valence-electron chi connectivity index (χ0n) is 19.2. The molecule has 34 heavy (non-hydrogen) atoms. The Hall–Kier alpha value is -3.72. The maximum absolute atomic E-state index is 13.0. The number of carboxylic acid groups (broad SMARTS) is 1. The van der Waals surface area contributed by atoms with Gasteiger partial charge in [-0.3, -0.25) is 14.9 Å². The van der Waals surface area contributed by atoms with Crippen LogP contribution < -0.4 is 5.32 Å². The number of likely N-dealkylation sites (N-methyl/N-ethyl adjacent to an activating group) is 1. The lowest BCUT2D eigenvalue weighted by molar-refractivity contribution is -0.149. The van der Waals surface area contributed by atoms with Crippen molar-refractivity contribution < 1.29 is 29.0 Å². The number of aryl methyl sites for hydroxylation is 1. The molecule has 3 amide bonds. The molecule has 1 aliphatic rings. The van der Waals surface area contributed by atoms with Crippen LogP contribution >= 0.6 is 0 Å². The third kappa shape index (κ3) is 6.20. The normalized spacial score (nSPS) is 17.4. The third-order valence-corrected chi connectivity index (χ3v) is 5.71. The molecular weight excluding hydrogens is 438 g/mol. The van der Waals surface area contributed by atoms with Gasteiger partial charge in [0, 0.05) is 7.05 Å². The number of carbonyl (C=O) groups excluding carboxylic acids is 3. The molecular formula is C25H29N3O6. The second-order valence-electron chi connectivity index (χ2n) is 8.28. The summed E-state index contributed by atoms with van der Waals surface area (Å²) in [5.74, 6) is -2.50. The fourth-order valence-electron chi connectivity index (χ4n) is 3.81. The fourth-order valence-corrected chi connectivity index (χ4v) is 3.81. The van der Waals surface area contributed by atoms with Crippen LogP contribution in [0.25, 0.3) is 0 Å². The van der Waals surface area contributed by atoms with E-state index in [4.69, 9.17) is 4.74 Å². The van der Waals surface area contributed by atoms with E-state index in [0.29, 0.717) is 12.8 Å². The van der Waals surface area contributed by atoms with Crippen LogP contribution in [0.4, 0.5) is 4.79 Å². The van der Waals surface area contributed by atoms with Crippen molar-refractivity contribution in [2.75, 3.05) is 13.6 Å². The van der Waals surface area contributed by atoms with Crippen LogP contribution in [0.3, 0.4) is 0 Å². The van der Waals surface area contributed by atoms with Gasteiger partial charge in [0.25, 0.3) is 0 Å². The van der Waals surface area contributed by atoms with Gasteiger partial charge in [-0.15, -0.1) is 0 Å². The number of rotatable bonds is 10. The molecule has 1 saturated heterocycles. The molecule has 0 aliphatic carbocycles. The number of aliphatic carboxylic acids is 1. The topological polar surface area (TPSA) is 116 Å². The lowest BCUT2D eigenvalue weighted by Gasteiger charge is -2.26. The summed E-state index contributed by atoms with van der Waals surface area (Å²) in [5, 5.41) is 12.4. The van der Waals surface area contributed by atoms with Gasteiger partial charge in [-0.2, -0.15) is 0 Å². The second-order valence-corrected chi connectivity index (χ2v) is 8.28. The molecule has 0 aromatic heterocycles. The summed E-state index contributed by atoms with van der Waals surface area (Å²) in [5.41, 5.74) is 1.85. The van der Waals surface area contributed by atoms with Crippen LogP contribution in [-0.2, 0) is 32.1 Å². The minimum absolute atomic E-state index is 0.0853. The van der Waals surface area contributed by atoms with Gasteiger partial charge in [0.1, 0.15) is 12.6 Å². The molecule has 0 bridgehead atoms. The van der Waals surface area contributed by atoms with Gasteiger partial charge in [-0.1, -0.05) is 60.7 Å². The Bertz CT molecular complexity index is 1010. The molecule has 2 N–H and O–H groups in total. The van der Waals surface area contributed by atoms with Crippen LogP contribution in [-0.4, -0.2) is 70.5 Å². The zero-order valence-corrected chi connectivity index (χ0v) is 19.2. The third-order valence-electron chi connectivity index (χ3n) is 5.71. The van der Waals surface area contributed by atoms with Crippen molar-refractivity contribution in [3.05, 3.63) is 71.8 Å². The average molecular weight is 468 g/mol. The van der Waals surface area contributed by atoms with Crippen LogP contribution in [0, 0.1) is 0 Å². The van der Waals surface area contributed by atoms with E-state index in [1.165, 1.54) is 18.9 Å². The number of hydrogen-bond donors (Lipinski definition) is 2. The summed E-state index contributed by atoms with van der Waals surface area (Å²) in [6.07, 6.45) is 0.911. The first-order valence-electron chi connectivity index (χ1n) is 11.1. The lowest BCUT2D eigenvalue weighted by Crippen LogP contribution is -2.54. The number of amides is 3. The van der Waals surface area contributed by atoms with E-state index in [9.17, 15) is 24.3 Å². The summed E-state index contributed by atoms with van der Waals surface area (Å²) in [7, 11) is 1.44. The molecule has 0 spiro atoms. The minimum Gasteiger partial charge on any atom is -0.480 e. The summed E-state index contributed by atoms with van der Waals surface area (Å²) in [6, 6.07) is 15.1. The van der Waals surface area contributed by atoms with Crippen molar-refractivity contribution >= 4 is 23.9 Å². The average Bonchev–Trinajstić information content (AvgIpc) is 3.15. The Balaban J connectivity index is 1.70. The van der Waals surface area contributed by atoms with Crippen molar-refractivity contribution in [3.63, 3.8) is 0 Å². The zero-order chi connectivity index (χ0) is 24.7. The van der Waals surface area contributed by atoms with Crippen molar-refractivity contribution in [1.29, 1.82) is 0 Å². The molecule has 9 heteroatoms. The van der Waals surface area contributed by atoms with Crippen LogP contribution in [0.2, 0.25) is 0 Å². The number of carbonyl (C=O) groups is 4. The number of imide groups is 1. The number of nitrogens with zero attached hydrogens (tertiary/aromatic N) is 2. The predicted octanol–water partition coefficient (Wildman–Crippen LogP) is 2.06. The Kier molecular flexibility index (Phi) is 8.37. The summed E-state index contributed by atoms with van der Waals surface area (Å²) >= 11 is 0. The van der Waals surface area contributed by atoms with Crippen molar-refractivity contribution in [2.45, 2.75) is 44.5 Å². The lowest BCUT2D eigenvalue weighted by atomic mass is 10.0. The molecule has 2 aromatic carbocycles. The highest BCUT2D eigenvalue weighted by Crippen LogP contribution is 2.17. The molecule has 1 heterocycles. The van der Waals surface area contributed by atoms with Crippen molar-refractivity contribution in [3.8, 4) is 0 Å². The van der Waals surface area contributed by atoms with E-state index in [-0.39, 0.29) is 13.2 Å². The molecule has 1 aliphatic heterocycles. The number of urea groups is 1. The molecule has 3 rings (SSSR count). The minimum atomic E-state index is -1.28. The number of hydrogen-bond acceptors (Lipinski definition) is 6. The first-order valence-corrected chi connectivity index (χ1v) is 11.1. The summed E-state index contributed by atoms with van der Waals surface area (Å²) in [4.78, 5) is 51.9. The van der Waals surface area contributed by atoms with E-state index >= 15 is 0 Å². The Morgan fingerprint density at radius 1 is 1.06 bits per heavy atom. The largest absolute Gasteiger partial charge is 0.480 e. The monoisotopic (exact) mass is 467 g/mol. The highest BCUT2D eigenvalue weighted by molar-refractivity contribution is 6.02. The standard InChI is InChI=1S/C25H29N3O6/c1-17(22(29)28-21(23(30)31)15-27(2)25(28)33)26-20(14-13-18-9-5-3-6-10-18)24(32)34-16-19-11-7-4-8-12-19/h3-12,17,20-21,26H,13-16H2,1-2H3,(H,30,31)/t17-,20-,21-/m0/s1. The number of ether oxygens (including phenoxy) is 1. The Morgan fingerprint density at radius 2 is 1.65 bits per heavy atom. The van der Waals surface area contributed by atoms with Crippen LogP contribution in [0.5, 0.6) is 0 Å². The Morgan fingerprint density at radius 3 is 2.24 bits per heavy atom. The number of carboxylic acids is 1. The summed E-state index contributed by atoms with van der Waals surface area (Å²) < 4.78 is 5.49. The maximum Gasteiger partial charge on any atom is 0.328 e. The van der Waals surface area contributed by atoms with E-state index in [2.05, 4.69) is 5.32 Å². The van der Waals surface area contributed by atoms with Gasteiger partial charge in [0.15, 0.2) is 6.04 Å². The molecule has 0 saturated carbocycles. The van der Waals surface area contributed by atoms with Crippen molar-refractivity contribution in [2.24, 2.45) is 0 Å². The first-order chi connectivity index (χ1) is 16.3. The second kappa shape index (κ2) is 11.4. The summed E-state index contributed by atoms with van der Waals surface area (Å²) in [6.45, 7) is 1.50. The first kappa shape index (κ1) is 24.9. The number of esters is 1. The molecule has 1 fully saturated rings. The maximum atomic E-state index is 13.0. The molecule has 3 atom stereocenters. The Labute approximate surface area is 198 Å². The van der Waals surface area contributed by atoms with Gasteiger partial charge in [-0.25, -0.2) is 14.5 Å². The van der Waals surface area contributed by atoms with E-state index in [0.717, 1.165) is 16.0 Å². The molecule has 2 aromatic rings. The van der Waals surface area contributed by atoms with Gasteiger partial charge in [-0.05, 0) is 30.9 Å². The predicted molar refractivity (Wildman–Crippen MR) is 124 cm³/mol. The smallest absolute Gasteiger partial charge is 0.328 e. The fraction of sp³-hybridized carbons (Fsp3) is 0.360. The molecule has 9 nitrogen and oxygen atoms in total. The van der Waals surface area contributed by atoms with Crippen LogP contribution in [0.1, 0.15) is 24.5 Å². The molecule has 0 radical (unpaired) electrons. The van der Waals surface area contributed by atoms with Crippen LogP contribution in [0.15, 0.2) is 60.7 Å². The van der Waals surface area contributed by atoms with Gasteiger partial charge in [0.05, 0.1) is 12.6 Å². The van der Waals surface area contributed by atoms with Gasteiger partial charge >= 0.3 is 18.0 Å². The quantitative estimate of drug-likeness (QED) is 0.514. The van der Waals surface area contributed by atoms with E-state index in [1.54, 1.807) is 0 Å². The van der Waals surface area contributed by atoms with Crippen molar-refractivity contribution in [1.82, 2.24) is 15.1 Å². The van der Waals surface area contributed by atoms with Gasteiger partial charge < -0.3 is 14.7 Å².